The number of nitro benzene ring substituents is 1. The molecule has 1 aromatic carbocycles. The summed E-state index contributed by atoms with van der Waals surface area (Å²) in [5.41, 5.74) is 0.382. The van der Waals surface area contributed by atoms with Crippen LogP contribution in [0.4, 0.5) is 11.4 Å². The first-order valence-electron chi connectivity index (χ1n) is 9.70. The molecule has 178 valence electrons. The maximum Gasteiger partial charge on any atom is 0.271 e. The second-order valence-corrected chi connectivity index (χ2v) is 11.2. The molecule has 0 aliphatic rings. The smallest absolute Gasteiger partial charge is 0.271 e. The minimum Gasteiger partial charge on any atom is -0.368 e. The Morgan fingerprint density at radius 3 is 2.13 bits per heavy atom. The van der Waals surface area contributed by atoms with Crippen molar-refractivity contribution in [1.29, 1.82) is 0 Å². The SMILES string of the molecule is CCCN(CCOS(C)(=O)=O)c1c(C)cc([N+](=O)[O-])cc1S(=O)(=O)N(C)CCN(C)C. The number of likely N-dealkylation sites (N-methyl/N-ethyl adjacent to an activating group) is 2. The molecule has 0 spiro atoms. The lowest BCUT2D eigenvalue weighted by molar-refractivity contribution is -0.385. The molecule has 0 unspecified atom stereocenters. The van der Waals surface area contributed by atoms with Crippen molar-refractivity contribution in [3.8, 4) is 0 Å². The number of benzene rings is 1. The number of sulfonamides is 1. The van der Waals surface area contributed by atoms with Crippen LogP contribution in [0.1, 0.15) is 18.9 Å². The summed E-state index contributed by atoms with van der Waals surface area (Å²) in [6.07, 6.45) is 1.58. The van der Waals surface area contributed by atoms with Gasteiger partial charge in [-0.25, -0.2) is 8.42 Å². The fraction of sp³-hybridized carbons (Fsp3) is 0.667. The van der Waals surface area contributed by atoms with Crippen LogP contribution in [0.2, 0.25) is 0 Å². The Morgan fingerprint density at radius 1 is 1.03 bits per heavy atom. The highest BCUT2D eigenvalue weighted by molar-refractivity contribution is 7.89. The molecular formula is C18H32N4O7S2. The fourth-order valence-corrected chi connectivity index (χ4v) is 4.81. The highest BCUT2D eigenvalue weighted by atomic mass is 32.2. The largest absolute Gasteiger partial charge is 0.368 e. The van der Waals surface area contributed by atoms with Crippen molar-refractivity contribution in [2.75, 3.05) is 65.1 Å². The molecule has 0 aliphatic carbocycles. The van der Waals surface area contributed by atoms with Crippen molar-refractivity contribution in [3.63, 3.8) is 0 Å². The molecule has 31 heavy (non-hydrogen) atoms. The molecule has 0 N–H and O–H groups in total. The molecule has 0 aliphatic heterocycles. The molecule has 0 amide bonds. The zero-order valence-electron chi connectivity index (χ0n) is 18.9. The lowest BCUT2D eigenvalue weighted by Crippen LogP contribution is -2.36. The fourth-order valence-electron chi connectivity index (χ4n) is 2.97. The molecule has 0 atom stereocenters. The summed E-state index contributed by atoms with van der Waals surface area (Å²) >= 11 is 0. The van der Waals surface area contributed by atoms with E-state index in [-0.39, 0.29) is 30.3 Å². The highest BCUT2D eigenvalue weighted by Gasteiger charge is 2.30. The van der Waals surface area contributed by atoms with Crippen LogP contribution in [-0.4, -0.2) is 91.1 Å². The Balaban J connectivity index is 3.54. The minimum atomic E-state index is -4.06. The first-order valence-corrected chi connectivity index (χ1v) is 13.0. The van der Waals surface area contributed by atoms with E-state index in [9.17, 15) is 26.9 Å². The van der Waals surface area contributed by atoms with E-state index in [0.717, 1.165) is 16.6 Å². The molecule has 11 nitrogen and oxygen atoms in total. The number of nitro groups is 1. The Hall–Kier alpha value is -1.80. The Kier molecular flexibility index (Phi) is 9.82. The van der Waals surface area contributed by atoms with Crippen LogP contribution in [0.5, 0.6) is 0 Å². The third-order valence-electron chi connectivity index (χ3n) is 4.48. The summed E-state index contributed by atoms with van der Waals surface area (Å²) in [5, 5.41) is 11.4. The van der Waals surface area contributed by atoms with E-state index in [0.29, 0.717) is 30.8 Å². The maximum atomic E-state index is 13.4. The molecule has 13 heteroatoms. The van der Waals surface area contributed by atoms with E-state index < -0.39 is 25.1 Å². The topological polar surface area (TPSA) is 130 Å². The molecule has 0 radical (unpaired) electrons. The molecule has 0 saturated carbocycles. The molecule has 0 bridgehead atoms. The summed E-state index contributed by atoms with van der Waals surface area (Å²) in [5.74, 6) is 0. The van der Waals surface area contributed by atoms with Crippen LogP contribution in [0.15, 0.2) is 17.0 Å². The number of anilines is 1. The quantitative estimate of drug-likeness (QED) is 0.233. The third-order valence-corrected chi connectivity index (χ3v) is 6.94. The van der Waals surface area contributed by atoms with E-state index in [1.807, 2.05) is 25.9 Å². The number of rotatable bonds is 13. The lowest BCUT2D eigenvalue weighted by atomic mass is 10.1. The van der Waals surface area contributed by atoms with Crippen molar-refractivity contribution in [2.45, 2.75) is 25.2 Å². The zero-order valence-corrected chi connectivity index (χ0v) is 20.5. The van der Waals surface area contributed by atoms with Crippen molar-refractivity contribution in [1.82, 2.24) is 9.21 Å². The van der Waals surface area contributed by atoms with Crippen molar-refractivity contribution < 1.29 is 25.9 Å². The van der Waals surface area contributed by atoms with Gasteiger partial charge in [0.1, 0.15) is 4.90 Å². The van der Waals surface area contributed by atoms with Crippen LogP contribution in [0.25, 0.3) is 0 Å². The lowest BCUT2D eigenvalue weighted by Gasteiger charge is -2.29. The summed E-state index contributed by atoms with van der Waals surface area (Å²) in [6, 6.07) is 2.37. The molecule has 1 rings (SSSR count). The number of aryl methyl sites for hydroxylation is 1. The van der Waals surface area contributed by atoms with E-state index in [1.54, 1.807) is 11.8 Å². The monoisotopic (exact) mass is 480 g/mol. The van der Waals surface area contributed by atoms with Gasteiger partial charge in [-0.15, -0.1) is 0 Å². The van der Waals surface area contributed by atoms with Crippen LogP contribution in [0.3, 0.4) is 0 Å². The van der Waals surface area contributed by atoms with Gasteiger partial charge in [-0.2, -0.15) is 12.7 Å². The predicted octanol–water partition coefficient (Wildman–Crippen LogP) is 1.28. The van der Waals surface area contributed by atoms with Gasteiger partial charge >= 0.3 is 0 Å². The summed E-state index contributed by atoms with van der Waals surface area (Å²) in [7, 11) is -2.67. The third kappa shape index (κ3) is 8.00. The second-order valence-electron chi connectivity index (χ2n) is 7.51. The van der Waals surface area contributed by atoms with Crippen molar-refractivity contribution in [2.24, 2.45) is 0 Å². The van der Waals surface area contributed by atoms with Gasteiger partial charge in [-0.05, 0) is 33.0 Å². The van der Waals surface area contributed by atoms with Gasteiger partial charge in [0.2, 0.25) is 10.0 Å². The zero-order chi connectivity index (χ0) is 24.0. The van der Waals surface area contributed by atoms with Crippen LogP contribution in [0, 0.1) is 17.0 Å². The molecule has 0 aromatic heterocycles. The van der Waals surface area contributed by atoms with Gasteiger partial charge in [0.05, 0.1) is 23.5 Å². The molecule has 1 aromatic rings. The van der Waals surface area contributed by atoms with Gasteiger partial charge in [-0.1, -0.05) is 6.92 Å². The van der Waals surface area contributed by atoms with Crippen molar-refractivity contribution in [3.05, 3.63) is 27.8 Å². The number of hydrogen-bond acceptors (Lipinski definition) is 9. The molecule has 0 fully saturated rings. The number of hydrogen-bond donors (Lipinski definition) is 0. The van der Waals surface area contributed by atoms with Gasteiger partial charge in [0.15, 0.2) is 0 Å². The average molecular weight is 481 g/mol. The minimum absolute atomic E-state index is 0.101. The van der Waals surface area contributed by atoms with E-state index in [1.165, 1.54) is 13.1 Å². The van der Waals surface area contributed by atoms with Crippen LogP contribution >= 0.6 is 0 Å². The Bertz CT molecular complexity index is 979. The summed E-state index contributed by atoms with van der Waals surface area (Å²) in [6.45, 7) is 4.50. The summed E-state index contributed by atoms with van der Waals surface area (Å²) in [4.78, 5) is 14.1. The van der Waals surface area contributed by atoms with Gasteiger partial charge in [0.25, 0.3) is 15.8 Å². The highest BCUT2D eigenvalue weighted by Crippen LogP contribution is 2.35. The van der Waals surface area contributed by atoms with E-state index >= 15 is 0 Å². The molecule has 0 heterocycles. The van der Waals surface area contributed by atoms with E-state index in [4.69, 9.17) is 4.18 Å². The second kappa shape index (κ2) is 11.2. The maximum absolute atomic E-state index is 13.4. The average Bonchev–Trinajstić information content (AvgIpc) is 2.63. The van der Waals surface area contributed by atoms with Crippen LogP contribution < -0.4 is 4.90 Å². The van der Waals surface area contributed by atoms with Gasteiger partial charge in [0, 0.05) is 45.4 Å². The summed E-state index contributed by atoms with van der Waals surface area (Å²) < 4.78 is 55.3. The number of nitrogens with zero attached hydrogens (tertiary/aromatic N) is 4. The Morgan fingerprint density at radius 2 is 1.65 bits per heavy atom. The molecule has 0 saturated heterocycles. The standard InChI is InChI=1S/C18H32N4O7S2/c1-7-8-21(11-12-29-30(6,25)26)18-15(2)13-16(22(23)24)14-17(18)31(27,28)20(5)10-9-19(3)4/h13-14H,7-12H2,1-6H3. The van der Waals surface area contributed by atoms with Crippen molar-refractivity contribution >= 4 is 31.5 Å². The van der Waals surface area contributed by atoms with Crippen LogP contribution in [-0.2, 0) is 24.3 Å². The first kappa shape index (κ1) is 27.2. The Labute approximate surface area is 184 Å². The van der Waals surface area contributed by atoms with Gasteiger partial charge < -0.3 is 9.80 Å². The predicted molar refractivity (Wildman–Crippen MR) is 120 cm³/mol. The normalized spacial score (nSPS) is 12.5. The molecular weight excluding hydrogens is 448 g/mol. The van der Waals surface area contributed by atoms with Gasteiger partial charge in [-0.3, -0.25) is 14.3 Å². The van der Waals surface area contributed by atoms with E-state index in [2.05, 4.69) is 0 Å². The first-order chi connectivity index (χ1) is 14.2. The number of non-ortho nitro benzene ring substituents is 1.